The van der Waals surface area contributed by atoms with Crippen LogP contribution in [-0.2, 0) is 11.4 Å². The van der Waals surface area contributed by atoms with Crippen LogP contribution in [0, 0.1) is 0 Å². The Kier molecular flexibility index (Phi) is 4.05. The van der Waals surface area contributed by atoms with Crippen LogP contribution in [-0.4, -0.2) is 5.97 Å². The van der Waals surface area contributed by atoms with Gasteiger partial charge in [-0.15, -0.1) is 0 Å². The lowest BCUT2D eigenvalue weighted by Crippen LogP contribution is -2.02. The van der Waals surface area contributed by atoms with Crippen molar-refractivity contribution in [3.8, 4) is 11.5 Å². The Labute approximate surface area is 129 Å². The molecule has 0 heterocycles. The minimum absolute atomic E-state index is 0.330. The minimum Gasteiger partial charge on any atom is -0.488 e. The van der Waals surface area contributed by atoms with E-state index in [0.717, 1.165) is 22.1 Å². The van der Waals surface area contributed by atoms with E-state index in [1.165, 1.54) is 6.92 Å². The fraction of sp³-hybridized carbons (Fsp3) is 0.105. The van der Waals surface area contributed by atoms with Gasteiger partial charge in [-0.1, -0.05) is 54.6 Å². The van der Waals surface area contributed by atoms with E-state index in [1.807, 2.05) is 60.7 Å². The second kappa shape index (κ2) is 6.31. The lowest BCUT2D eigenvalue weighted by atomic mass is 10.1. The summed E-state index contributed by atoms with van der Waals surface area (Å²) in [5.41, 5.74) is 1.11. The fourth-order valence-electron chi connectivity index (χ4n) is 2.36. The second-order valence-electron chi connectivity index (χ2n) is 4.98. The van der Waals surface area contributed by atoms with Crippen LogP contribution in [0.3, 0.4) is 0 Å². The van der Waals surface area contributed by atoms with E-state index < -0.39 is 0 Å². The van der Waals surface area contributed by atoms with Crippen molar-refractivity contribution in [2.45, 2.75) is 13.5 Å². The monoisotopic (exact) mass is 292 g/mol. The van der Waals surface area contributed by atoms with E-state index in [4.69, 9.17) is 9.47 Å². The summed E-state index contributed by atoms with van der Waals surface area (Å²) in [5, 5.41) is 1.79. The van der Waals surface area contributed by atoms with Gasteiger partial charge in [0.1, 0.15) is 18.1 Å². The molecule has 0 spiro atoms. The topological polar surface area (TPSA) is 35.5 Å². The molecule has 0 saturated carbocycles. The molecule has 0 atom stereocenters. The van der Waals surface area contributed by atoms with Gasteiger partial charge in [0.05, 0.1) is 0 Å². The predicted molar refractivity (Wildman–Crippen MR) is 86.0 cm³/mol. The zero-order chi connectivity index (χ0) is 15.4. The number of benzene rings is 3. The van der Waals surface area contributed by atoms with Gasteiger partial charge in [-0.05, 0) is 17.7 Å². The predicted octanol–water partition coefficient (Wildman–Crippen LogP) is 4.34. The molecule has 0 aliphatic carbocycles. The quantitative estimate of drug-likeness (QED) is 0.530. The Balaban J connectivity index is 1.92. The number of carbonyl (C=O) groups is 1. The van der Waals surface area contributed by atoms with Crippen molar-refractivity contribution >= 4 is 16.7 Å². The highest BCUT2D eigenvalue weighted by Crippen LogP contribution is 2.32. The summed E-state index contributed by atoms with van der Waals surface area (Å²) < 4.78 is 11.2. The molecule has 0 aromatic heterocycles. The number of ether oxygens (including phenoxy) is 2. The average Bonchev–Trinajstić information content (AvgIpc) is 2.54. The van der Waals surface area contributed by atoms with Gasteiger partial charge in [-0.25, -0.2) is 0 Å². The van der Waals surface area contributed by atoms with E-state index in [0.29, 0.717) is 12.4 Å². The van der Waals surface area contributed by atoms with Crippen molar-refractivity contribution in [2.24, 2.45) is 0 Å². The van der Waals surface area contributed by atoms with Crippen molar-refractivity contribution in [1.82, 2.24) is 0 Å². The van der Waals surface area contributed by atoms with Crippen molar-refractivity contribution in [2.75, 3.05) is 0 Å². The fourth-order valence-corrected chi connectivity index (χ4v) is 2.36. The molecule has 0 fully saturated rings. The summed E-state index contributed by atoms with van der Waals surface area (Å²) in [6, 6.07) is 21.3. The Morgan fingerprint density at radius 2 is 1.45 bits per heavy atom. The van der Waals surface area contributed by atoms with Gasteiger partial charge in [0, 0.05) is 17.7 Å². The van der Waals surface area contributed by atoms with Gasteiger partial charge in [0.15, 0.2) is 0 Å². The van der Waals surface area contributed by atoms with Gasteiger partial charge in [-0.2, -0.15) is 0 Å². The third-order valence-electron chi connectivity index (χ3n) is 3.33. The highest BCUT2D eigenvalue weighted by Gasteiger charge is 2.08. The maximum absolute atomic E-state index is 11.2. The van der Waals surface area contributed by atoms with E-state index in [1.54, 1.807) is 6.07 Å². The van der Waals surface area contributed by atoms with Crippen LogP contribution in [0.4, 0.5) is 0 Å². The molecule has 0 aliphatic rings. The molecular formula is C19H16O3. The van der Waals surface area contributed by atoms with Crippen LogP contribution in [0.2, 0.25) is 0 Å². The van der Waals surface area contributed by atoms with Gasteiger partial charge in [-0.3, -0.25) is 4.79 Å². The molecule has 22 heavy (non-hydrogen) atoms. The van der Waals surface area contributed by atoms with Crippen molar-refractivity contribution in [3.63, 3.8) is 0 Å². The first-order chi connectivity index (χ1) is 10.7. The van der Waals surface area contributed by atoms with E-state index in [9.17, 15) is 4.79 Å². The van der Waals surface area contributed by atoms with Gasteiger partial charge in [0.2, 0.25) is 0 Å². The molecule has 3 heteroatoms. The Morgan fingerprint density at radius 1 is 0.818 bits per heavy atom. The van der Waals surface area contributed by atoms with E-state index in [-0.39, 0.29) is 5.97 Å². The highest BCUT2D eigenvalue weighted by molar-refractivity contribution is 5.94. The van der Waals surface area contributed by atoms with Crippen LogP contribution in [0.5, 0.6) is 11.5 Å². The third-order valence-corrected chi connectivity index (χ3v) is 3.33. The number of carbonyl (C=O) groups excluding carboxylic acids is 1. The number of hydrogen-bond acceptors (Lipinski definition) is 3. The molecule has 110 valence electrons. The summed E-state index contributed by atoms with van der Waals surface area (Å²) in [4.78, 5) is 11.2. The first-order valence-electron chi connectivity index (χ1n) is 7.11. The zero-order valence-corrected chi connectivity index (χ0v) is 12.3. The number of rotatable bonds is 4. The molecular weight excluding hydrogens is 276 g/mol. The van der Waals surface area contributed by atoms with Crippen LogP contribution >= 0.6 is 0 Å². The van der Waals surface area contributed by atoms with Crippen LogP contribution < -0.4 is 9.47 Å². The van der Waals surface area contributed by atoms with E-state index in [2.05, 4.69) is 0 Å². The maximum atomic E-state index is 11.2. The second-order valence-corrected chi connectivity index (χ2v) is 4.98. The van der Waals surface area contributed by atoms with Crippen LogP contribution in [0.1, 0.15) is 12.5 Å². The first-order valence-corrected chi connectivity index (χ1v) is 7.11. The largest absolute Gasteiger partial charge is 0.488 e. The lowest BCUT2D eigenvalue weighted by molar-refractivity contribution is -0.131. The Hall–Kier alpha value is -2.81. The Bertz CT molecular complexity index is 794. The SMILES string of the molecule is CC(=O)Oc1cccc2c(OCc3ccccc3)cccc12. The van der Waals surface area contributed by atoms with Crippen molar-refractivity contribution in [3.05, 3.63) is 72.3 Å². The van der Waals surface area contributed by atoms with Crippen LogP contribution in [0.15, 0.2) is 66.7 Å². The summed E-state index contributed by atoms with van der Waals surface area (Å²) >= 11 is 0. The molecule has 0 N–H and O–H groups in total. The molecule has 3 rings (SSSR count). The number of hydrogen-bond donors (Lipinski definition) is 0. The summed E-state index contributed by atoms with van der Waals surface area (Å²) in [5.74, 6) is 0.994. The molecule has 0 saturated heterocycles. The molecule has 0 radical (unpaired) electrons. The number of esters is 1. The average molecular weight is 292 g/mol. The molecule has 3 aromatic carbocycles. The first kappa shape index (κ1) is 14.1. The molecule has 3 nitrogen and oxygen atoms in total. The summed E-state index contributed by atoms with van der Waals surface area (Å²) in [7, 11) is 0. The van der Waals surface area contributed by atoms with E-state index >= 15 is 0 Å². The number of fused-ring (bicyclic) bond motifs is 1. The minimum atomic E-state index is -0.330. The smallest absolute Gasteiger partial charge is 0.308 e. The molecule has 0 bridgehead atoms. The van der Waals surface area contributed by atoms with Crippen molar-refractivity contribution < 1.29 is 14.3 Å². The normalized spacial score (nSPS) is 10.4. The maximum Gasteiger partial charge on any atom is 0.308 e. The summed E-state index contributed by atoms with van der Waals surface area (Å²) in [6.45, 7) is 1.90. The van der Waals surface area contributed by atoms with Crippen LogP contribution in [0.25, 0.3) is 10.8 Å². The molecule has 0 amide bonds. The summed E-state index contributed by atoms with van der Waals surface area (Å²) in [6.07, 6.45) is 0. The van der Waals surface area contributed by atoms with Crippen molar-refractivity contribution in [1.29, 1.82) is 0 Å². The standard InChI is InChI=1S/C19H16O3/c1-14(20)22-19-12-6-9-16-17(19)10-5-11-18(16)21-13-15-7-3-2-4-8-15/h2-12H,13H2,1H3. The lowest BCUT2D eigenvalue weighted by Gasteiger charge is -2.11. The van der Waals surface area contributed by atoms with Gasteiger partial charge >= 0.3 is 5.97 Å². The van der Waals surface area contributed by atoms with Gasteiger partial charge in [0.25, 0.3) is 0 Å². The molecule has 3 aromatic rings. The molecule has 0 aliphatic heterocycles. The Morgan fingerprint density at radius 3 is 2.14 bits per heavy atom. The molecule has 0 unspecified atom stereocenters. The zero-order valence-electron chi connectivity index (χ0n) is 12.3. The van der Waals surface area contributed by atoms with Gasteiger partial charge < -0.3 is 9.47 Å². The third kappa shape index (κ3) is 3.09. The highest BCUT2D eigenvalue weighted by atomic mass is 16.5.